The summed E-state index contributed by atoms with van der Waals surface area (Å²) in [7, 11) is 1.56. The molecule has 10 heteroatoms. The number of azide groups is 1. The van der Waals surface area contributed by atoms with Crippen LogP contribution in [0.25, 0.3) is 10.4 Å². The minimum absolute atomic E-state index is 0.0601. The number of nitrogens with zero attached hydrogens (tertiary/aromatic N) is 4. The SMILES string of the molecule is CNC(=O)[C@]1(Cc2ccccc2N=[N+]=[N-])N=C(c2ccc(OCCCO)cc2)O[C@@H]1c1ccc(Br)cc1. The molecule has 0 unspecified atom stereocenters. The Balaban J connectivity index is 1.79. The van der Waals surface area contributed by atoms with Crippen LogP contribution in [0.15, 0.2) is 87.4 Å². The summed E-state index contributed by atoms with van der Waals surface area (Å²) in [4.78, 5) is 21.4. The Kier molecular flexibility index (Phi) is 8.45. The van der Waals surface area contributed by atoms with Crippen molar-refractivity contribution in [2.75, 3.05) is 20.3 Å². The number of nitrogens with one attached hydrogen (secondary N) is 1. The zero-order valence-electron chi connectivity index (χ0n) is 20.2. The third-order valence-electron chi connectivity index (χ3n) is 6.03. The Hall–Kier alpha value is -3.85. The Labute approximate surface area is 222 Å². The van der Waals surface area contributed by atoms with Crippen LogP contribution in [0.5, 0.6) is 5.75 Å². The second-order valence-corrected chi connectivity index (χ2v) is 9.33. The minimum atomic E-state index is -1.37. The van der Waals surface area contributed by atoms with Crippen LogP contribution in [0, 0.1) is 0 Å². The van der Waals surface area contributed by atoms with Gasteiger partial charge in [-0.1, -0.05) is 57.4 Å². The van der Waals surface area contributed by atoms with E-state index in [2.05, 4.69) is 31.3 Å². The van der Waals surface area contributed by atoms with Crippen molar-refractivity contribution in [3.05, 3.63) is 104 Å². The van der Waals surface area contributed by atoms with E-state index in [1.807, 2.05) is 48.5 Å². The lowest BCUT2D eigenvalue weighted by atomic mass is 9.81. The minimum Gasteiger partial charge on any atom is -0.494 e. The summed E-state index contributed by atoms with van der Waals surface area (Å²) in [6.07, 6.45) is -0.0532. The van der Waals surface area contributed by atoms with Crippen molar-refractivity contribution < 1.29 is 19.4 Å². The highest BCUT2D eigenvalue weighted by atomic mass is 79.9. The number of aliphatic imine (C=N–C) groups is 1. The fourth-order valence-corrected chi connectivity index (χ4v) is 4.50. The number of hydrogen-bond donors (Lipinski definition) is 2. The normalized spacial score (nSPS) is 18.4. The fourth-order valence-electron chi connectivity index (χ4n) is 4.23. The molecule has 3 aromatic carbocycles. The van der Waals surface area contributed by atoms with Crippen molar-refractivity contribution in [3.8, 4) is 5.75 Å². The molecular formula is C27H26BrN5O4. The van der Waals surface area contributed by atoms with Crippen molar-refractivity contribution in [2.24, 2.45) is 10.1 Å². The van der Waals surface area contributed by atoms with E-state index in [0.717, 1.165) is 10.0 Å². The molecule has 190 valence electrons. The van der Waals surface area contributed by atoms with Gasteiger partial charge in [-0.2, -0.15) is 0 Å². The maximum atomic E-state index is 13.6. The van der Waals surface area contributed by atoms with E-state index in [-0.39, 0.29) is 18.9 Å². The van der Waals surface area contributed by atoms with Crippen LogP contribution in [-0.2, 0) is 16.0 Å². The molecule has 0 aromatic heterocycles. The smallest absolute Gasteiger partial charge is 0.252 e. The number of aliphatic hydroxyl groups excluding tert-OH is 1. The predicted molar refractivity (Wildman–Crippen MR) is 144 cm³/mol. The van der Waals surface area contributed by atoms with Gasteiger partial charge in [-0.25, -0.2) is 4.99 Å². The maximum absolute atomic E-state index is 13.6. The van der Waals surface area contributed by atoms with Gasteiger partial charge < -0.3 is 19.9 Å². The number of hydrogen-bond acceptors (Lipinski definition) is 6. The first-order valence-electron chi connectivity index (χ1n) is 11.7. The number of rotatable bonds is 10. The summed E-state index contributed by atoms with van der Waals surface area (Å²) in [5.41, 5.74) is 10.3. The van der Waals surface area contributed by atoms with Gasteiger partial charge in [-0.3, -0.25) is 4.79 Å². The van der Waals surface area contributed by atoms with Gasteiger partial charge in [0.2, 0.25) is 5.90 Å². The van der Waals surface area contributed by atoms with E-state index in [9.17, 15) is 4.79 Å². The molecule has 0 saturated carbocycles. The molecule has 0 fully saturated rings. The first-order chi connectivity index (χ1) is 18.0. The molecular weight excluding hydrogens is 538 g/mol. The Morgan fingerprint density at radius 1 is 1.19 bits per heavy atom. The second kappa shape index (κ2) is 11.9. The van der Waals surface area contributed by atoms with Crippen LogP contribution in [-0.4, -0.2) is 42.7 Å². The van der Waals surface area contributed by atoms with Crippen LogP contribution < -0.4 is 10.1 Å². The molecule has 2 N–H and O–H groups in total. The largest absolute Gasteiger partial charge is 0.494 e. The molecule has 2 atom stereocenters. The molecule has 1 aliphatic heterocycles. The van der Waals surface area contributed by atoms with Gasteiger partial charge in [0.15, 0.2) is 11.6 Å². The zero-order valence-corrected chi connectivity index (χ0v) is 21.8. The van der Waals surface area contributed by atoms with Crippen LogP contribution in [0.1, 0.15) is 29.2 Å². The van der Waals surface area contributed by atoms with E-state index < -0.39 is 11.6 Å². The number of benzene rings is 3. The molecule has 37 heavy (non-hydrogen) atoms. The monoisotopic (exact) mass is 563 g/mol. The van der Waals surface area contributed by atoms with Crippen molar-refractivity contribution in [1.82, 2.24) is 5.32 Å². The first kappa shape index (κ1) is 26.2. The lowest BCUT2D eigenvalue weighted by molar-refractivity contribution is -0.128. The van der Waals surface area contributed by atoms with Gasteiger partial charge in [0.1, 0.15) is 5.75 Å². The lowest BCUT2D eigenvalue weighted by Gasteiger charge is -2.30. The van der Waals surface area contributed by atoms with E-state index in [1.165, 1.54) is 0 Å². The number of carbonyl (C=O) groups is 1. The third-order valence-corrected chi connectivity index (χ3v) is 6.56. The molecule has 0 bridgehead atoms. The summed E-state index contributed by atoms with van der Waals surface area (Å²) in [5.74, 6) is 0.649. The van der Waals surface area contributed by atoms with E-state index in [0.29, 0.717) is 41.5 Å². The molecule has 1 amide bonds. The van der Waals surface area contributed by atoms with Gasteiger partial charge in [0, 0.05) is 47.1 Å². The van der Waals surface area contributed by atoms with Gasteiger partial charge in [-0.15, -0.1) is 0 Å². The molecule has 1 aliphatic rings. The molecule has 9 nitrogen and oxygen atoms in total. The average Bonchev–Trinajstić information content (AvgIpc) is 3.31. The topological polar surface area (TPSA) is 129 Å². The van der Waals surface area contributed by atoms with Crippen molar-refractivity contribution >= 4 is 33.4 Å². The predicted octanol–water partition coefficient (Wildman–Crippen LogP) is 5.40. The lowest BCUT2D eigenvalue weighted by Crippen LogP contribution is -2.48. The molecule has 1 heterocycles. The van der Waals surface area contributed by atoms with Crippen LogP contribution in [0.4, 0.5) is 5.69 Å². The van der Waals surface area contributed by atoms with Crippen LogP contribution >= 0.6 is 15.9 Å². The zero-order chi connectivity index (χ0) is 26.3. The number of amides is 1. The van der Waals surface area contributed by atoms with Crippen LogP contribution in [0.2, 0.25) is 0 Å². The first-order valence-corrected chi connectivity index (χ1v) is 12.5. The standard InChI is InChI=1S/C27H26BrN5O4/c1-30-26(35)27(17-20-5-2-3-6-23(20)32-33-29)24(18-7-11-21(28)12-8-18)37-25(31-27)19-9-13-22(14-10-19)36-16-4-15-34/h2-3,5-14,24,34H,4,15-17H2,1H3,(H,30,35)/t24-,27-/m1/s1. The quantitative estimate of drug-likeness (QED) is 0.148. The molecule has 0 saturated heterocycles. The highest BCUT2D eigenvalue weighted by Gasteiger charge is 2.53. The summed E-state index contributed by atoms with van der Waals surface area (Å²) < 4.78 is 12.9. The Morgan fingerprint density at radius 2 is 1.92 bits per heavy atom. The fraction of sp³-hybridized carbons (Fsp3) is 0.259. The number of aliphatic hydroxyl groups is 1. The third kappa shape index (κ3) is 5.77. The molecule has 0 spiro atoms. The summed E-state index contributed by atoms with van der Waals surface area (Å²) in [6.45, 7) is 0.466. The summed E-state index contributed by atoms with van der Waals surface area (Å²) in [5, 5.41) is 15.5. The summed E-state index contributed by atoms with van der Waals surface area (Å²) in [6, 6.07) is 21.9. The molecule has 0 radical (unpaired) electrons. The van der Waals surface area contributed by atoms with E-state index in [4.69, 9.17) is 25.1 Å². The maximum Gasteiger partial charge on any atom is 0.252 e. The van der Waals surface area contributed by atoms with Crippen LogP contribution in [0.3, 0.4) is 0 Å². The number of likely N-dealkylation sites (N-methyl/N-ethyl adjacent to an activating group) is 1. The molecule has 4 rings (SSSR count). The highest BCUT2D eigenvalue weighted by Crippen LogP contribution is 2.43. The number of halogens is 1. The average molecular weight is 564 g/mol. The number of carbonyl (C=O) groups excluding carboxylic acids is 1. The molecule has 0 aliphatic carbocycles. The van der Waals surface area contributed by atoms with Gasteiger partial charge in [0.25, 0.3) is 5.91 Å². The Morgan fingerprint density at radius 3 is 2.59 bits per heavy atom. The highest BCUT2D eigenvalue weighted by molar-refractivity contribution is 9.10. The van der Waals surface area contributed by atoms with Gasteiger partial charge >= 0.3 is 0 Å². The van der Waals surface area contributed by atoms with Crippen molar-refractivity contribution in [3.63, 3.8) is 0 Å². The Bertz CT molecular complexity index is 1320. The molecule has 3 aromatic rings. The van der Waals surface area contributed by atoms with Crippen molar-refractivity contribution in [1.29, 1.82) is 0 Å². The van der Waals surface area contributed by atoms with Gasteiger partial charge in [0.05, 0.1) is 6.61 Å². The van der Waals surface area contributed by atoms with E-state index in [1.54, 1.807) is 31.3 Å². The summed E-state index contributed by atoms with van der Waals surface area (Å²) >= 11 is 3.46. The van der Waals surface area contributed by atoms with E-state index >= 15 is 0 Å². The van der Waals surface area contributed by atoms with Crippen molar-refractivity contribution in [2.45, 2.75) is 24.5 Å². The number of ether oxygens (including phenoxy) is 2. The second-order valence-electron chi connectivity index (χ2n) is 8.41. The van der Waals surface area contributed by atoms with Gasteiger partial charge in [-0.05, 0) is 53.1 Å².